The number of anilines is 1. The molecule has 5 heteroatoms. The second kappa shape index (κ2) is 8.21. The highest BCUT2D eigenvalue weighted by molar-refractivity contribution is 7.99. The molecule has 4 nitrogen and oxygen atoms in total. The van der Waals surface area contributed by atoms with Crippen molar-refractivity contribution in [1.82, 2.24) is 4.90 Å². The third kappa shape index (κ3) is 4.25. The molecule has 2 rings (SSSR count). The minimum Gasteiger partial charge on any atom is -0.325 e. The van der Waals surface area contributed by atoms with E-state index in [0.717, 1.165) is 6.54 Å². The number of nitrogens with one attached hydrogen (secondary N) is 1. The van der Waals surface area contributed by atoms with Crippen LogP contribution < -0.4 is 5.32 Å². The molecule has 1 fully saturated rings. The Balaban J connectivity index is 1.84. The van der Waals surface area contributed by atoms with Crippen LogP contribution in [-0.4, -0.2) is 41.9 Å². The average molecular weight is 317 g/mol. The molecule has 1 saturated carbocycles. The van der Waals surface area contributed by atoms with Gasteiger partial charge in [-0.25, -0.2) is 0 Å². The number of para-hydroxylation sites is 1. The van der Waals surface area contributed by atoms with Gasteiger partial charge in [0.25, 0.3) is 0 Å². The van der Waals surface area contributed by atoms with Crippen molar-refractivity contribution in [2.45, 2.75) is 37.0 Å². The standard InChI is InChI=1S/C17H23N3OS/c1-20(15-8-5-9-16(15)22-2)11-10-17(21)19-14-7-4-3-6-13(14)12-18/h3-4,6-7,15-16H,5,8-11H2,1-2H3,(H,19,21)/t15-,16+/m1/s1. The lowest BCUT2D eigenvalue weighted by Crippen LogP contribution is -2.37. The lowest BCUT2D eigenvalue weighted by molar-refractivity contribution is -0.116. The van der Waals surface area contributed by atoms with Gasteiger partial charge in [0.15, 0.2) is 0 Å². The van der Waals surface area contributed by atoms with E-state index in [-0.39, 0.29) is 5.91 Å². The molecule has 0 aromatic heterocycles. The Bertz CT molecular complexity index is 555. The van der Waals surface area contributed by atoms with E-state index in [9.17, 15) is 4.79 Å². The zero-order chi connectivity index (χ0) is 15.9. The SMILES string of the molecule is CS[C@H]1CCC[C@H]1N(C)CCC(=O)Nc1ccccc1C#N. The van der Waals surface area contributed by atoms with Gasteiger partial charge in [0.1, 0.15) is 6.07 Å². The van der Waals surface area contributed by atoms with Crippen LogP contribution >= 0.6 is 11.8 Å². The Hall–Kier alpha value is -1.51. The van der Waals surface area contributed by atoms with Crippen LogP contribution in [0.15, 0.2) is 24.3 Å². The van der Waals surface area contributed by atoms with E-state index in [1.807, 2.05) is 17.8 Å². The molecule has 1 N–H and O–H groups in total. The van der Waals surface area contributed by atoms with E-state index in [1.165, 1.54) is 19.3 Å². The fraction of sp³-hybridized carbons (Fsp3) is 0.529. The molecule has 1 aromatic rings. The molecule has 1 aromatic carbocycles. The Morgan fingerprint density at radius 2 is 2.23 bits per heavy atom. The van der Waals surface area contributed by atoms with Crippen molar-refractivity contribution in [3.05, 3.63) is 29.8 Å². The molecule has 1 amide bonds. The van der Waals surface area contributed by atoms with Crippen molar-refractivity contribution < 1.29 is 4.79 Å². The van der Waals surface area contributed by atoms with Crippen LogP contribution in [0.25, 0.3) is 0 Å². The maximum atomic E-state index is 12.1. The van der Waals surface area contributed by atoms with Gasteiger partial charge in [0.2, 0.25) is 5.91 Å². The maximum Gasteiger partial charge on any atom is 0.225 e. The molecule has 0 saturated heterocycles. The Morgan fingerprint density at radius 1 is 1.45 bits per heavy atom. The summed E-state index contributed by atoms with van der Waals surface area (Å²) in [6.45, 7) is 0.752. The second-order valence-corrected chi connectivity index (χ2v) is 6.79. The van der Waals surface area contributed by atoms with E-state index in [2.05, 4.69) is 29.6 Å². The second-order valence-electron chi connectivity index (χ2n) is 5.71. The molecule has 0 bridgehead atoms. The third-order valence-electron chi connectivity index (χ3n) is 4.30. The predicted molar refractivity (Wildman–Crippen MR) is 92.0 cm³/mol. The summed E-state index contributed by atoms with van der Waals surface area (Å²) < 4.78 is 0. The summed E-state index contributed by atoms with van der Waals surface area (Å²) in [7, 11) is 2.11. The number of nitriles is 1. The predicted octanol–water partition coefficient (Wildman–Crippen LogP) is 3.10. The monoisotopic (exact) mass is 317 g/mol. The summed E-state index contributed by atoms with van der Waals surface area (Å²) in [5, 5.41) is 12.6. The molecular weight excluding hydrogens is 294 g/mol. The van der Waals surface area contributed by atoms with Crippen molar-refractivity contribution >= 4 is 23.4 Å². The zero-order valence-corrected chi connectivity index (χ0v) is 14.0. The van der Waals surface area contributed by atoms with Crippen LogP contribution in [0.5, 0.6) is 0 Å². The van der Waals surface area contributed by atoms with Gasteiger partial charge in [-0.05, 0) is 38.3 Å². The van der Waals surface area contributed by atoms with Gasteiger partial charge in [-0.3, -0.25) is 4.79 Å². The quantitative estimate of drug-likeness (QED) is 0.876. The van der Waals surface area contributed by atoms with Gasteiger partial charge in [0.05, 0.1) is 11.3 Å². The minimum absolute atomic E-state index is 0.0340. The largest absolute Gasteiger partial charge is 0.325 e. The number of hydrogen-bond acceptors (Lipinski definition) is 4. The van der Waals surface area contributed by atoms with Gasteiger partial charge in [-0.2, -0.15) is 17.0 Å². The summed E-state index contributed by atoms with van der Waals surface area (Å²) in [5.74, 6) is -0.0340. The van der Waals surface area contributed by atoms with Crippen LogP contribution in [0.4, 0.5) is 5.69 Å². The highest BCUT2D eigenvalue weighted by atomic mass is 32.2. The molecule has 118 valence electrons. The molecule has 0 spiro atoms. The smallest absolute Gasteiger partial charge is 0.225 e. The highest BCUT2D eigenvalue weighted by Crippen LogP contribution is 2.31. The lowest BCUT2D eigenvalue weighted by Gasteiger charge is -2.28. The first-order valence-corrected chi connectivity index (χ1v) is 8.96. The molecule has 22 heavy (non-hydrogen) atoms. The summed E-state index contributed by atoms with van der Waals surface area (Å²) >= 11 is 1.93. The topological polar surface area (TPSA) is 56.1 Å². The normalized spacial score (nSPS) is 20.8. The van der Waals surface area contributed by atoms with Crippen molar-refractivity contribution in [2.75, 3.05) is 25.2 Å². The minimum atomic E-state index is -0.0340. The van der Waals surface area contributed by atoms with E-state index in [4.69, 9.17) is 5.26 Å². The van der Waals surface area contributed by atoms with Crippen LogP contribution in [0.2, 0.25) is 0 Å². The van der Waals surface area contributed by atoms with Crippen LogP contribution in [0.1, 0.15) is 31.2 Å². The third-order valence-corrected chi connectivity index (χ3v) is 5.46. The summed E-state index contributed by atoms with van der Waals surface area (Å²) in [6.07, 6.45) is 6.40. The Labute approximate surface area is 136 Å². The number of thioether (sulfide) groups is 1. The van der Waals surface area contributed by atoms with E-state index in [0.29, 0.717) is 29.0 Å². The van der Waals surface area contributed by atoms with Crippen molar-refractivity contribution in [3.8, 4) is 6.07 Å². The molecular formula is C17H23N3OS. The van der Waals surface area contributed by atoms with Crippen LogP contribution in [-0.2, 0) is 4.79 Å². The molecule has 0 heterocycles. The van der Waals surface area contributed by atoms with E-state index in [1.54, 1.807) is 18.2 Å². The first kappa shape index (κ1) is 16.9. The van der Waals surface area contributed by atoms with Gasteiger partial charge in [0, 0.05) is 24.3 Å². The number of benzene rings is 1. The summed E-state index contributed by atoms with van der Waals surface area (Å²) in [5.41, 5.74) is 1.10. The summed E-state index contributed by atoms with van der Waals surface area (Å²) in [4.78, 5) is 14.4. The molecule has 0 unspecified atom stereocenters. The molecule has 0 aliphatic heterocycles. The fourth-order valence-electron chi connectivity index (χ4n) is 3.03. The number of rotatable bonds is 6. The summed E-state index contributed by atoms with van der Waals surface area (Å²) in [6, 6.07) is 9.77. The van der Waals surface area contributed by atoms with E-state index >= 15 is 0 Å². The number of hydrogen-bond donors (Lipinski definition) is 1. The van der Waals surface area contributed by atoms with Crippen LogP contribution in [0, 0.1) is 11.3 Å². The number of carbonyl (C=O) groups is 1. The first-order valence-electron chi connectivity index (χ1n) is 7.67. The van der Waals surface area contributed by atoms with Gasteiger partial charge >= 0.3 is 0 Å². The van der Waals surface area contributed by atoms with E-state index < -0.39 is 0 Å². The van der Waals surface area contributed by atoms with Crippen molar-refractivity contribution in [3.63, 3.8) is 0 Å². The zero-order valence-electron chi connectivity index (χ0n) is 13.2. The Morgan fingerprint density at radius 3 is 2.95 bits per heavy atom. The lowest BCUT2D eigenvalue weighted by atomic mass is 10.2. The highest BCUT2D eigenvalue weighted by Gasteiger charge is 2.29. The number of amides is 1. The molecule has 1 aliphatic rings. The van der Waals surface area contributed by atoms with Gasteiger partial charge < -0.3 is 10.2 Å². The average Bonchev–Trinajstić information content (AvgIpc) is 3.01. The van der Waals surface area contributed by atoms with Crippen molar-refractivity contribution in [1.29, 1.82) is 5.26 Å². The maximum absolute atomic E-state index is 12.1. The number of carbonyl (C=O) groups excluding carboxylic acids is 1. The van der Waals surface area contributed by atoms with Gasteiger partial charge in [-0.1, -0.05) is 18.6 Å². The fourth-order valence-corrected chi connectivity index (χ4v) is 4.09. The Kier molecular flexibility index (Phi) is 6.29. The molecule has 0 radical (unpaired) electrons. The molecule has 1 aliphatic carbocycles. The van der Waals surface area contributed by atoms with Crippen LogP contribution in [0.3, 0.4) is 0 Å². The molecule has 2 atom stereocenters. The number of nitrogens with zero attached hydrogens (tertiary/aromatic N) is 2. The van der Waals surface area contributed by atoms with Gasteiger partial charge in [-0.15, -0.1) is 0 Å². The first-order chi connectivity index (χ1) is 10.7. The van der Waals surface area contributed by atoms with Crippen molar-refractivity contribution in [2.24, 2.45) is 0 Å².